The fourth-order valence-electron chi connectivity index (χ4n) is 2.09. The molecule has 0 aliphatic carbocycles. The summed E-state index contributed by atoms with van der Waals surface area (Å²) < 4.78 is 1.10. The highest BCUT2D eigenvalue weighted by atomic mass is 79.9. The standard InChI is InChI=1S/C15H23BrO/c1-2-3-4-5-6-7-14(12-17)13-8-10-15(16)11-9-13/h8-11,14,17H,2-7,12H2,1H3. The molecule has 1 N–H and O–H groups in total. The lowest BCUT2D eigenvalue weighted by Crippen LogP contribution is -2.04. The summed E-state index contributed by atoms with van der Waals surface area (Å²) in [5, 5.41) is 9.44. The van der Waals surface area contributed by atoms with E-state index in [4.69, 9.17) is 0 Å². The highest BCUT2D eigenvalue weighted by molar-refractivity contribution is 9.10. The second-order valence-electron chi connectivity index (χ2n) is 4.63. The number of hydrogen-bond acceptors (Lipinski definition) is 1. The van der Waals surface area contributed by atoms with E-state index in [1.807, 2.05) is 0 Å². The quantitative estimate of drug-likeness (QED) is 0.678. The summed E-state index contributed by atoms with van der Waals surface area (Å²) in [5.74, 6) is 0.310. The zero-order valence-corrected chi connectivity index (χ0v) is 12.2. The van der Waals surface area contributed by atoms with Gasteiger partial charge in [0, 0.05) is 17.0 Å². The van der Waals surface area contributed by atoms with Crippen molar-refractivity contribution < 1.29 is 5.11 Å². The third-order valence-corrected chi connectivity index (χ3v) is 3.75. The first-order valence-electron chi connectivity index (χ1n) is 6.64. The molecule has 0 aliphatic rings. The Balaban J connectivity index is 2.35. The fourth-order valence-corrected chi connectivity index (χ4v) is 2.36. The van der Waals surface area contributed by atoms with Crippen LogP contribution in [-0.2, 0) is 0 Å². The van der Waals surface area contributed by atoms with E-state index in [1.165, 1.54) is 37.7 Å². The molecule has 0 fully saturated rings. The van der Waals surface area contributed by atoms with Crippen molar-refractivity contribution in [1.29, 1.82) is 0 Å². The van der Waals surface area contributed by atoms with E-state index in [1.54, 1.807) is 0 Å². The van der Waals surface area contributed by atoms with Crippen LogP contribution in [0.25, 0.3) is 0 Å². The van der Waals surface area contributed by atoms with Crippen molar-refractivity contribution in [2.45, 2.75) is 51.4 Å². The summed E-state index contributed by atoms with van der Waals surface area (Å²) in [6, 6.07) is 8.32. The molecular formula is C15H23BrO. The number of aliphatic hydroxyl groups is 1. The lowest BCUT2D eigenvalue weighted by atomic mass is 9.94. The van der Waals surface area contributed by atoms with Crippen molar-refractivity contribution in [3.05, 3.63) is 34.3 Å². The highest BCUT2D eigenvalue weighted by Gasteiger charge is 2.09. The van der Waals surface area contributed by atoms with Gasteiger partial charge < -0.3 is 5.11 Å². The molecule has 1 rings (SSSR count). The molecule has 1 unspecified atom stereocenters. The molecule has 0 amide bonds. The van der Waals surface area contributed by atoms with Gasteiger partial charge >= 0.3 is 0 Å². The van der Waals surface area contributed by atoms with Gasteiger partial charge in [-0.25, -0.2) is 0 Å². The predicted octanol–water partition coefficient (Wildman–Crippen LogP) is 4.89. The van der Waals surface area contributed by atoms with E-state index in [2.05, 4.69) is 47.1 Å². The van der Waals surface area contributed by atoms with Crippen LogP contribution < -0.4 is 0 Å². The van der Waals surface area contributed by atoms with Crippen molar-refractivity contribution in [2.24, 2.45) is 0 Å². The Labute approximate surface area is 113 Å². The Kier molecular flexibility index (Phi) is 7.54. The second kappa shape index (κ2) is 8.71. The Hall–Kier alpha value is -0.340. The fraction of sp³-hybridized carbons (Fsp3) is 0.600. The minimum atomic E-state index is 0.259. The van der Waals surface area contributed by atoms with Crippen molar-refractivity contribution in [1.82, 2.24) is 0 Å². The second-order valence-corrected chi connectivity index (χ2v) is 5.55. The van der Waals surface area contributed by atoms with E-state index < -0.39 is 0 Å². The normalized spacial score (nSPS) is 12.6. The van der Waals surface area contributed by atoms with Gasteiger partial charge in [0.2, 0.25) is 0 Å². The molecule has 0 heterocycles. The van der Waals surface area contributed by atoms with Crippen LogP contribution in [0.1, 0.15) is 56.9 Å². The van der Waals surface area contributed by atoms with Crippen LogP contribution in [0.5, 0.6) is 0 Å². The van der Waals surface area contributed by atoms with Crippen molar-refractivity contribution >= 4 is 15.9 Å². The molecule has 0 bridgehead atoms. The number of hydrogen-bond donors (Lipinski definition) is 1. The van der Waals surface area contributed by atoms with E-state index >= 15 is 0 Å². The van der Waals surface area contributed by atoms with Crippen LogP contribution in [0.2, 0.25) is 0 Å². The predicted molar refractivity (Wildman–Crippen MR) is 77.3 cm³/mol. The molecular weight excluding hydrogens is 276 g/mol. The monoisotopic (exact) mass is 298 g/mol. The maximum atomic E-state index is 9.44. The van der Waals surface area contributed by atoms with E-state index in [0.717, 1.165) is 10.9 Å². The van der Waals surface area contributed by atoms with E-state index in [9.17, 15) is 5.11 Å². The average Bonchev–Trinajstić information content (AvgIpc) is 2.35. The molecule has 96 valence electrons. The van der Waals surface area contributed by atoms with Gasteiger partial charge in [0.25, 0.3) is 0 Å². The molecule has 0 radical (unpaired) electrons. The topological polar surface area (TPSA) is 20.2 Å². The lowest BCUT2D eigenvalue weighted by Gasteiger charge is -2.14. The van der Waals surface area contributed by atoms with Crippen LogP contribution in [0, 0.1) is 0 Å². The Morgan fingerprint density at radius 3 is 2.29 bits per heavy atom. The van der Waals surface area contributed by atoms with Gasteiger partial charge in [-0.15, -0.1) is 0 Å². The maximum absolute atomic E-state index is 9.44. The Bertz CT molecular complexity index is 294. The zero-order valence-electron chi connectivity index (χ0n) is 10.7. The Morgan fingerprint density at radius 2 is 1.71 bits per heavy atom. The van der Waals surface area contributed by atoms with Crippen LogP contribution in [-0.4, -0.2) is 11.7 Å². The maximum Gasteiger partial charge on any atom is 0.0499 e. The first kappa shape index (κ1) is 14.7. The van der Waals surface area contributed by atoms with Gasteiger partial charge in [-0.1, -0.05) is 67.1 Å². The van der Waals surface area contributed by atoms with Crippen LogP contribution in [0.15, 0.2) is 28.7 Å². The third-order valence-electron chi connectivity index (χ3n) is 3.22. The van der Waals surface area contributed by atoms with Crippen LogP contribution in [0.3, 0.4) is 0 Å². The van der Waals surface area contributed by atoms with Gasteiger partial charge in [-0.2, -0.15) is 0 Å². The summed E-state index contributed by atoms with van der Waals surface area (Å²) >= 11 is 3.44. The van der Waals surface area contributed by atoms with Gasteiger partial charge in [0.05, 0.1) is 0 Å². The summed E-state index contributed by atoms with van der Waals surface area (Å²) in [4.78, 5) is 0. The van der Waals surface area contributed by atoms with Gasteiger partial charge in [-0.3, -0.25) is 0 Å². The molecule has 0 saturated carbocycles. The van der Waals surface area contributed by atoms with Gasteiger partial charge in [-0.05, 0) is 24.1 Å². The number of halogens is 1. The molecule has 1 atom stereocenters. The average molecular weight is 299 g/mol. The molecule has 0 saturated heterocycles. The Morgan fingerprint density at radius 1 is 1.06 bits per heavy atom. The summed E-state index contributed by atoms with van der Waals surface area (Å²) in [6.45, 7) is 2.49. The lowest BCUT2D eigenvalue weighted by molar-refractivity contribution is 0.256. The summed E-state index contributed by atoms with van der Waals surface area (Å²) in [6.07, 6.45) is 7.57. The van der Waals surface area contributed by atoms with Crippen LogP contribution in [0.4, 0.5) is 0 Å². The van der Waals surface area contributed by atoms with Gasteiger partial charge in [0.15, 0.2) is 0 Å². The van der Waals surface area contributed by atoms with E-state index in [0.29, 0.717) is 5.92 Å². The smallest absolute Gasteiger partial charge is 0.0499 e. The summed E-state index contributed by atoms with van der Waals surface area (Å²) in [7, 11) is 0. The number of unbranched alkanes of at least 4 members (excludes halogenated alkanes) is 4. The summed E-state index contributed by atoms with van der Waals surface area (Å²) in [5.41, 5.74) is 1.26. The van der Waals surface area contributed by atoms with Gasteiger partial charge in [0.1, 0.15) is 0 Å². The molecule has 2 heteroatoms. The van der Waals surface area contributed by atoms with Crippen molar-refractivity contribution in [3.63, 3.8) is 0 Å². The number of aliphatic hydroxyl groups excluding tert-OH is 1. The largest absolute Gasteiger partial charge is 0.396 e. The minimum absolute atomic E-state index is 0.259. The molecule has 1 aromatic rings. The molecule has 0 aliphatic heterocycles. The molecule has 17 heavy (non-hydrogen) atoms. The first-order valence-corrected chi connectivity index (χ1v) is 7.43. The highest BCUT2D eigenvalue weighted by Crippen LogP contribution is 2.23. The molecule has 0 spiro atoms. The first-order chi connectivity index (χ1) is 8.27. The number of rotatable bonds is 8. The van der Waals surface area contributed by atoms with E-state index in [-0.39, 0.29) is 6.61 Å². The SMILES string of the molecule is CCCCCCCC(CO)c1ccc(Br)cc1. The zero-order chi connectivity index (χ0) is 12.5. The molecule has 0 aromatic heterocycles. The third kappa shape index (κ3) is 5.69. The molecule has 1 aromatic carbocycles. The molecule has 1 nitrogen and oxygen atoms in total. The van der Waals surface area contributed by atoms with Crippen molar-refractivity contribution in [3.8, 4) is 0 Å². The minimum Gasteiger partial charge on any atom is -0.396 e. The van der Waals surface area contributed by atoms with Crippen LogP contribution >= 0.6 is 15.9 Å². The number of benzene rings is 1. The van der Waals surface area contributed by atoms with Crippen molar-refractivity contribution in [2.75, 3.05) is 6.61 Å².